The summed E-state index contributed by atoms with van der Waals surface area (Å²) < 4.78 is 5.61. The number of nitrogens with one attached hydrogen (secondary N) is 1. The molecule has 0 radical (unpaired) electrons. The van der Waals surface area contributed by atoms with Gasteiger partial charge in [-0.2, -0.15) is 0 Å². The predicted octanol–water partition coefficient (Wildman–Crippen LogP) is 1.49. The predicted molar refractivity (Wildman–Crippen MR) is 66.7 cm³/mol. The van der Waals surface area contributed by atoms with Crippen LogP contribution >= 0.6 is 0 Å². The first kappa shape index (κ1) is 12.3. The second kappa shape index (κ2) is 5.99. The van der Waals surface area contributed by atoms with E-state index in [0.29, 0.717) is 12.1 Å². The monoisotopic (exact) mass is 226 g/mol. The maximum atomic E-state index is 5.61. The molecule has 16 heavy (non-hydrogen) atoms. The van der Waals surface area contributed by atoms with E-state index >= 15 is 0 Å². The fraction of sp³-hybridized carbons (Fsp3) is 1.00. The summed E-state index contributed by atoms with van der Waals surface area (Å²) in [5.74, 6) is 0.754. The van der Waals surface area contributed by atoms with Gasteiger partial charge in [0.25, 0.3) is 0 Å². The summed E-state index contributed by atoms with van der Waals surface area (Å²) in [5, 5.41) is 3.60. The largest absolute Gasteiger partial charge is 0.380 e. The van der Waals surface area contributed by atoms with E-state index in [1.54, 1.807) is 0 Å². The maximum Gasteiger partial charge on any atom is 0.0621 e. The average Bonchev–Trinajstić information content (AvgIpc) is 2.31. The van der Waals surface area contributed by atoms with Crippen LogP contribution in [-0.2, 0) is 4.74 Å². The number of nitrogens with zero attached hydrogens (tertiary/aromatic N) is 1. The molecule has 1 N–H and O–H groups in total. The molecule has 2 aliphatic rings. The van der Waals surface area contributed by atoms with Crippen molar-refractivity contribution in [2.75, 3.05) is 32.8 Å². The lowest BCUT2D eigenvalue weighted by molar-refractivity contribution is 0.00896. The summed E-state index contributed by atoms with van der Waals surface area (Å²) in [6.07, 6.45) is 3.83. The molecule has 0 aromatic heterocycles. The summed E-state index contributed by atoms with van der Waals surface area (Å²) in [7, 11) is 0. The van der Waals surface area contributed by atoms with Crippen LogP contribution in [0, 0.1) is 5.92 Å². The lowest BCUT2D eigenvalue weighted by Crippen LogP contribution is -2.48. The lowest BCUT2D eigenvalue weighted by atomic mass is 10.0. The fourth-order valence-electron chi connectivity index (χ4n) is 2.76. The highest BCUT2D eigenvalue weighted by atomic mass is 16.5. The molecular weight excluding hydrogens is 200 g/mol. The van der Waals surface area contributed by atoms with Crippen molar-refractivity contribution in [1.29, 1.82) is 0 Å². The molecule has 3 atom stereocenters. The van der Waals surface area contributed by atoms with E-state index in [-0.39, 0.29) is 0 Å². The van der Waals surface area contributed by atoms with Gasteiger partial charge in [0.05, 0.1) is 6.61 Å². The Bertz CT molecular complexity index is 204. The molecule has 2 aliphatic heterocycles. The molecule has 0 amide bonds. The zero-order chi connectivity index (χ0) is 11.4. The molecule has 3 unspecified atom stereocenters. The van der Waals surface area contributed by atoms with Crippen LogP contribution in [0.4, 0.5) is 0 Å². The smallest absolute Gasteiger partial charge is 0.0621 e. The van der Waals surface area contributed by atoms with Crippen molar-refractivity contribution in [1.82, 2.24) is 10.2 Å². The molecule has 0 saturated carbocycles. The van der Waals surface area contributed by atoms with E-state index in [0.717, 1.165) is 25.7 Å². The third kappa shape index (κ3) is 3.44. The minimum atomic E-state index is 0.662. The van der Waals surface area contributed by atoms with Gasteiger partial charge in [0.2, 0.25) is 0 Å². The molecule has 2 heterocycles. The molecule has 94 valence electrons. The zero-order valence-corrected chi connectivity index (χ0v) is 10.7. The van der Waals surface area contributed by atoms with Gasteiger partial charge in [-0.25, -0.2) is 0 Å². The summed E-state index contributed by atoms with van der Waals surface area (Å²) in [4.78, 5) is 2.67. The standard InChI is InChI=1S/C13H26N2O/c1-11-8-14-12(2)5-6-15(9-11)13-4-3-7-16-10-13/h11-14H,3-10H2,1-2H3. The van der Waals surface area contributed by atoms with Gasteiger partial charge in [0.15, 0.2) is 0 Å². The summed E-state index contributed by atoms with van der Waals surface area (Å²) in [5.41, 5.74) is 0. The Balaban J connectivity index is 1.89. The topological polar surface area (TPSA) is 24.5 Å². The van der Waals surface area contributed by atoms with Crippen LogP contribution in [0.15, 0.2) is 0 Å². The Hall–Kier alpha value is -0.120. The molecule has 0 aromatic carbocycles. The molecule has 3 heteroatoms. The van der Waals surface area contributed by atoms with Gasteiger partial charge in [0, 0.05) is 31.8 Å². The van der Waals surface area contributed by atoms with Crippen molar-refractivity contribution < 1.29 is 4.74 Å². The highest BCUT2D eigenvalue weighted by molar-refractivity contribution is 4.80. The van der Waals surface area contributed by atoms with E-state index in [9.17, 15) is 0 Å². The lowest BCUT2D eigenvalue weighted by Gasteiger charge is -2.38. The minimum Gasteiger partial charge on any atom is -0.380 e. The van der Waals surface area contributed by atoms with Gasteiger partial charge in [-0.15, -0.1) is 0 Å². The summed E-state index contributed by atoms with van der Waals surface area (Å²) in [6, 6.07) is 1.34. The second-order valence-electron chi connectivity index (χ2n) is 5.57. The van der Waals surface area contributed by atoms with Gasteiger partial charge in [-0.05, 0) is 38.6 Å². The molecule has 0 aromatic rings. The van der Waals surface area contributed by atoms with E-state index in [4.69, 9.17) is 4.74 Å². The molecule has 2 saturated heterocycles. The van der Waals surface area contributed by atoms with Crippen molar-refractivity contribution in [3.63, 3.8) is 0 Å². The minimum absolute atomic E-state index is 0.662. The van der Waals surface area contributed by atoms with Crippen LogP contribution < -0.4 is 5.32 Å². The first-order valence-electron chi connectivity index (χ1n) is 6.81. The van der Waals surface area contributed by atoms with Crippen LogP contribution in [0.3, 0.4) is 0 Å². The Kier molecular flexibility index (Phi) is 4.62. The molecular formula is C13H26N2O. The number of ether oxygens (including phenoxy) is 1. The zero-order valence-electron chi connectivity index (χ0n) is 10.7. The van der Waals surface area contributed by atoms with Crippen molar-refractivity contribution in [2.45, 2.75) is 45.2 Å². The van der Waals surface area contributed by atoms with Gasteiger partial charge in [-0.3, -0.25) is 4.90 Å². The maximum absolute atomic E-state index is 5.61. The van der Waals surface area contributed by atoms with Crippen LogP contribution in [0.25, 0.3) is 0 Å². The molecule has 2 fully saturated rings. The average molecular weight is 226 g/mol. The highest BCUT2D eigenvalue weighted by Gasteiger charge is 2.24. The van der Waals surface area contributed by atoms with Crippen molar-refractivity contribution in [3.8, 4) is 0 Å². The number of rotatable bonds is 1. The highest BCUT2D eigenvalue weighted by Crippen LogP contribution is 2.17. The van der Waals surface area contributed by atoms with E-state index in [2.05, 4.69) is 24.1 Å². The summed E-state index contributed by atoms with van der Waals surface area (Å²) in [6.45, 7) is 10.2. The fourth-order valence-corrected chi connectivity index (χ4v) is 2.76. The second-order valence-corrected chi connectivity index (χ2v) is 5.57. The van der Waals surface area contributed by atoms with Crippen LogP contribution in [0.2, 0.25) is 0 Å². The summed E-state index contributed by atoms with van der Waals surface area (Å²) >= 11 is 0. The van der Waals surface area contributed by atoms with Crippen molar-refractivity contribution >= 4 is 0 Å². The first-order chi connectivity index (χ1) is 7.75. The van der Waals surface area contributed by atoms with Gasteiger partial charge < -0.3 is 10.1 Å². The normalized spacial score (nSPS) is 39.0. The van der Waals surface area contributed by atoms with Gasteiger partial charge in [0.1, 0.15) is 0 Å². The van der Waals surface area contributed by atoms with E-state index in [1.807, 2.05) is 0 Å². The quantitative estimate of drug-likeness (QED) is 0.733. The molecule has 2 rings (SSSR count). The SMILES string of the molecule is CC1CNC(C)CCN(C2CCCOC2)C1. The van der Waals surface area contributed by atoms with Crippen LogP contribution in [0.5, 0.6) is 0 Å². The van der Waals surface area contributed by atoms with Crippen molar-refractivity contribution in [2.24, 2.45) is 5.92 Å². The molecule has 0 bridgehead atoms. The van der Waals surface area contributed by atoms with E-state index in [1.165, 1.54) is 32.4 Å². The molecule has 0 aliphatic carbocycles. The Morgan fingerprint density at radius 1 is 1.25 bits per heavy atom. The van der Waals surface area contributed by atoms with Gasteiger partial charge >= 0.3 is 0 Å². The molecule has 0 spiro atoms. The van der Waals surface area contributed by atoms with E-state index < -0.39 is 0 Å². The van der Waals surface area contributed by atoms with Crippen LogP contribution in [-0.4, -0.2) is 49.8 Å². The Morgan fingerprint density at radius 3 is 2.88 bits per heavy atom. The number of hydrogen-bond donors (Lipinski definition) is 1. The van der Waals surface area contributed by atoms with Crippen LogP contribution in [0.1, 0.15) is 33.1 Å². The Labute approximate surface area is 99.5 Å². The molecule has 3 nitrogen and oxygen atoms in total. The third-order valence-corrected chi connectivity index (χ3v) is 3.86. The van der Waals surface area contributed by atoms with Crippen molar-refractivity contribution in [3.05, 3.63) is 0 Å². The first-order valence-corrected chi connectivity index (χ1v) is 6.81. The third-order valence-electron chi connectivity index (χ3n) is 3.86. The Morgan fingerprint density at radius 2 is 2.12 bits per heavy atom. The number of hydrogen-bond acceptors (Lipinski definition) is 3. The van der Waals surface area contributed by atoms with Gasteiger partial charge in [-0.1, -0.05) is 6.92 Å².